The van der Waals surface area contributed by atoms with E-state index in [4.69, 9.17) is 0 Å². The topological polar surface area (TPSA) is 107 Å². The summed E-state index contributed by atoms with van der Waals surface area (Å²) < 4.78 is 0. The second-order valence-corrected chi connectivity index (χ2v) is 5.31. The molecule has 0 aliphatic rings. The number of amides is 2. The smallest absolute Gasteiger partial charge is 0.252 e. The molecule has 7 heteroatoms. The molecule has 2 aromatic rings. The fourth-order valence-electron chi connectivity index (χ4n) is 1.99. The molecular formula is C16H20N4O3. The van der Waals surface area contributed by atoms with Crippen LogP contribution in [0.5, 0.6) is 5.75 Å². The molecule has 1 heterocycles. The molecule has 0 radical (unpaired) electrons. The van der Waals surface area contributed by atoms with Crippen molar-refractivity contribution in [3.05, 3.63) is 47.5 Å². The molecule has 7 nitrogen and oxygen atoms in total. The number of aryl methyl sites for hydroxylation is 1. The summed E-state index contributed by atoms with van der Waals surface area (Å²) in [4.78, 5) is 30.9. The molecule has 0 bridgehead atoms. The van der Waals surface area contributed by atoms with E-state index in [-0.39, 0.29) is 11.7 Å². The van der Waals surface area contributed by atoms with Gasteiger partial charge in [-0.3, -0.25) is 9.59 Å². The van der Waals surface area contributed by atoms with Crippen LogP contribution in [0.3, 0.4) is 0 Å². The van der Waals surface area contributed by atoms with Gasteiger partial charge >= 0.3 is 0 Å². The molecule has 0 aliphatic carbocycles. The summed E-state index contributed by atoms with van der Waals surface area (Å²) in [6.45, 7) is 3.80. The Morgan fingerprint density at radius 1 is 1.39 bits per heavy atom. The maximum Gasteiger partial charge on any atom is 0.252 e. The highest BCUT2D eigenvalue weighted by atomic mass is 16.3. The van der Waals surface area contributed by atoms with Crippen LogP contribution in [0.4, 0.5) is 0 Å². The third-order valence-corrected chi connectivity index (χ3v) is 3.46. The highest BCUT2D eigenvalue weighted by molar-refractivity contribution is 5.97. The number of aromatic hydroxyl groups is 1. The van der Waals surface area contributed by atoms with Gasteiger partial charge in [0.2, 0.25) is 5.91 Å². The largest absolute Gasteiger partial charge is 0.508 e. The number of H-pyrrole nitrogens is 1. The Morgan fingerprint density at radius 3 is 2.83 bits per heavy atom. The van der Waals surface area contributed by atoms with Gasteiger partial charge in [0.05, 0.1) is 6.33 Å². The first-order chi connectivity index (χ1) is 11.0. The van der Waals surface area contributed by atoms with Gasteiger partial charge in [0, 0.05) is 30.4 Å². The second kappa shape index (κ2) is 7.44. The second-order valence-electron chi connectivity index (χ2n) is 5.31. The Labute approximate surface area is 134 Å². The Hall–Kier alpha value is -2.83. The van der Waals surface area contributed by atoms with E-state index >= 15 is 0 Å². The van der Waals surface area contributed by atoms with Crippen LogP contribution in [0.2, 0.25) is 0 Å². The van der Waals surface area contributed by atoms with E-state index in [1.165, 1.54) is 6.07 Å². The SMILES string of the molecule is Cc1ccc(C(=O)NC(C)C(=O)NCCc2cnc[nH]2)cc1O. The number of hydrogen-bond donors (Lipinski definition) is 4. The molecule has 0 aliphatic heterocycles. The summed E-state index contributed by atoms with van der Waals surface area (Å²) in [7, 11) is 0. The van der Waals surface area contributed by atoms with Crippen LogP contribution in [-0.2, 0) is 11.2 Å². The molecule has 2 rings (SSSR count). The molecule has 23 heavy (non-hydrogen) atoms. The van der Waals surface area contributed by atoms with E-state index in [1.807, 2.05) is 0 Å². The minimum atomic E-state index is -0.673. The predicted molar refractivity (Wildman–Crippen MR) is 85.1 cm³/mol. The number of phenols is 1. The standard InChI is InChI=1S/C16H20N4O3/c1-10-3-4-12(7-14(10)21)16(23)20-11(2)15(22)18-6-5-13-8-17-9-19-13/h3-4,7-9,11,21H,5-6H2,1-2H3,(H,17,19)(H,18,22)(H,20,23). The molecule has 2 amide bonds. The molecule has 0 fully saturated rings. The van der Waals surface area contributed by atoms with Crippen molar-refractivity contribution in [2.45, 2.75) is 26.3 Å². The number of nitrogens with zero attached hydrogens (tertiary/aromatic N) is 1. The van der Waals surface area contributed by atoms with Crippen molar-refractivity contribution in [3.63, 3.8) is 0 Å². The summed E-state index contributed by atoms with van der Waals surface area (Å²) in [5.41, 5.74) is 1.92. The number of carbonyl (C=O) groups is 2. The lowest BCUT2D eigenvalue weighted by Gasteiger charge is -2.14. The quantitative estimate of drug-likeness (QED) is 0.635. The van der Waals surface area contributed by atoms with E-state index in [2.05, 4.69) is 20.6 Å². The zero-order chi connectivity index (χ0) is 16.8. The van der Waals surface area contributed by atoms with Crippen molar-refractivity contribution in [2.75, 3.05) is 6.54 Å². The Balaban J connectivity index is 1.82. The maximum atomic E-state index is 12.1. The number of carbonyl (C=O) groups excluding carboxylic acids is 2. The van der Waals surface area contributed by atoms with Gasteiger partial charge in [0.1, 0.15) is 11.8 Å². The fourth-order valence-corrected chi connectivity index (χ4v) is 1.99. The van der Waals surface area contributed by atoms with Crippen molar-refractivity contribution in [1.29, 1.82) is 0 Å². The maximum absolute atomic E-state index is 12.1. The first-order valence-corrected chi connectivity index (χ1v) is 7.33. The summed E-state index contributed by atoms with van der Waals surface area (Å²) in [5, 5.41) is 15.0. The third kappa shape index (κ3) is 4.57. The Kier molecular flexibility index (Phi) is 5.35. The van der Waals surface area contributed by atoms with Crippen LogP contribution in [0.15, 0.2) is 30.7 Å². The van der Waals surface area contributed by atoms with Gasteiger partial charge in [-0.1, -0.05) is 6.07 Å². The minimum absolute atomic E-state index is 0.0503. The van der Waals surface area contributed by atoms with Crippen molar-refractivity contribution in [2.24, 2.45) is 0 Å². The number of aromatic amines is 1. The molecule has 1 atom stereocenters. The molecule has 1 unspecified atom stereocenters. The van der Waals surface area contributed by atoms with Gasteiger partial charge in [0.15, 0.2) is 0 Å². The van der Waals surface area contributed by atoms with E-state index < -0.39 is 11.9 Å². The first-order valence-electron chi connectivity index (χ1n) is 7.33. The van der Waals surface area contributed by atoms with Gasteiger partial charge in [-0.25, -0.2) is 4.98 Å². The zero-order valence-corrected chi connectivity index (χ0v) is 13.1. The number of nitrogens with one attached hydrogen (secondary N) is 3. The third-order valence-electron chi connectivity index (χ3n) is 3.46. The van der Waals surface area contributed by atoms with Crippen LogP contribution in [-0.4, -0.2) is 39.5 Å². The van der Waals surface area contributed by atoms with Gasteiger partial charge in [-0.05, 0) is 31.5 Å². The van der Waals surface area contributed by atoms with Crippen molar-refractivity contribution < 1.29 is 14.7 Å². The summed E-state index contributed by atoms with van der Waals surface area (Å²) in [5.74, 6) is -0.625. The molecular weight excluding hydrogens is 296 g/mol. The molecule has 1 aromatic carbocycles. The van der Waals surface area contributed by atoms with Gasteiger partial charge in [-0.2, -0.15) is 0 Å². The van der Waals surface area contributed by atoms with Gasteiger partial charge < -0.3 is 20.7 Å². The van der Waals surface area contributed by atoms with Crippen LogP contribution in [0.25, 0.3) is 0 Å². The fraction of sp³-hybridized carbons (Fsp3) is 0.312. The van der Waals surface area contributed by atoms with Crippen molar-refractivity contribution in [3.8, 4) is 5.75 Å². The average molecular weight is 316 g/mol. The van der Waals surface area contributed by atoms with Crippen molar-refractivity contribution >= 4 is 11.8 Å². The van der Waals surface area contributed by atoms with E-state index in [0.717, 1.165) is 5.69 Å². The van der Waals surface area contributed by atoms with Crippen LogP contribution >= 0.6 is 0 Å². The molecule has 1 aromatic heterocycles. The summed E-state index contributed by atoms with van der Waals surface area (Å²) in [6, 6.07) is 3.97. The summed E-state index contributed by atoms with van der Waals surface area (Å²) in [6.07, 6.45) is 3.91. The van der Waals surface area contributed by atoms with E-state index in [1.54, 1.807) is 38.5 Å². The normalized spacial score (nSPS) is 11.7. The lowest BCUT2D eigenvalue weighted by atomic mass is 10.1. The number of aromatic nitrogens is 2. The average Bonchev–Trinajstić information content (AvgIpc) is 3.03. The highest BCUT2D eigenvalue weighted by Gasteiger charge is 2.16. The van der Waals surface area contributed by atoms with Gasteiger partial charge in [-0.15, -0.1) is 0 Å². The number of rotatable bonds is 6. The zero-order valence-electron chi connectivity index (χ0n) is 13.1. The number of hydrogen-bond acceptors (Lipinski definition) is 4. The Morgan fingerprint density at radius 2 is 2.17 bits per heavy atom. The molecule has 4 N–H and O–H groups in total. The molecule has 0 spiro atoms. The molecule has 122 valence electrons. The molecule has 0 saturated heterocycles. The minimum Gasteiger partial charge on any atom is -0.508 e. The highest BCUT2D eigenvalue weighted by Crippen LogP contribution is 2.17. The van der Waals surface area contributed by atoms with E-state index in [0.29, 0.717) is 24.1 Å². The van der Waals surface area contributed by atoms with E-state index in [9.17, 15) is 14.7 Å². The van der Waals surface area contributed by atoms with Crippen molar-refractivity contribution in [1.82, 2.24) is 20.6 Å². The van der Waals surface area contributed by atoms with Crippen LogP contribution in [0.1, 0.15) is 28.5 Å². The van der Waals surface area contributed by atoms with Crippen LogP contribution < -0.4 is 10.6 Å². The first kappa shape index (κ1) is 16.5. The Bertz CT molecular complexity index is 683. The lowest BCUT2D eigenvalue weighted by Crippen LogP contribution is -2.45. The van der Waals surface area contributed by atoms with Crippen LogP contribution in [0, 0.1) is 6.92 Å². The number of benzene rings is 1. The molecule has 0 saturated carbocycles. The number of phenolic OH excluding ortho intramolecular Hbond substituents is 1. The summed E-state index contributed by atoms with van der Waals surface area (Å²) >= 11 is 0. The lowest BCUT2D eigenvalue weighted by molar-refractivity contribution is -0.122. The predicted octanol–water partition coefficient (Wildman–Crippen LogP) is 0.901. The monoisotopic (exact) mass is 316 g/mol. The number of imidazole rings is 1. The van der Waals surface area contributed by atoms with Gasteiger partial charge in [0.25, 0.3) is 5.91 Å².